The summed E-state index contributed by atoms with van der Waals surface area (Å²) in [5.74, 6) is -1.89. The normalized spacial score (nSPS) is 13.7. The zero-order valence-electron chi connectivity index (χ0n) is 19.4. The Morgan fingerprint density at radius 2 is 1.68 bits per heavy atom. The second-order valence-electron chi connectivity index (χ2n) is 8.62. The van der Waals surface area contributed by atoms with Gasteiger partial charge in [-0.3, -0.25) is 14.7 Å². The number of nitrogens with zero attached hydrogens (tertiary/aromatic N) is 3. The number of amides is 2. The number of benzene rings is 3. The van der Waals surface area contributed by atoms with Crippen LogP contribution in [0.4, 0.5) is 14.6 Å². The zero-order valence-corrected chi connectivity index (χ0v) is 20.9. The fourth-order valence-corrected chi connectivity index (χ4v) is 4.78. The van der Waals surface area contributed by atoms with Gasteiger partial charge in [0.2, 0.25) is 0 Å². The molecule has 1 aliphatic rings. The Morgan fingerprint density at radius 3 is 2.41 bits per heavy atom. The largest absolute Gasteiger partial charge is 0.364 e. The minimum absolute atomic E-state index is 0.0117. The number of aromatic nitrogens is 2. The van der Waals surface area contributed by atoms with Crippen molar-refractivity contribution < 1.29 is 18.4 Å². The van der Waals surface area contributed by atoms with Crippen LogP contribution in [0.15, 0.2) is 54.6 Å². The van der Waals surface area contributed by atoms with Gasteiger partial charge in [0.15, 0.2) is 17.5 Å². The average Bonchev–Trinajstić information content (AvgIpc) is 3.33. The molecule has 2 N–H and O–H groups in total. The molecule has 7 nitrogen and oxygen atoms in total. The summed E-state index contributed by atoms with van der Waals surface area (Å²) in [4.78, 5) is 29.4. The van der Waals surface area contributed by atoms with Crippen LogP contribution in [-0.4, -0.2) is 58.0 Å². The SMILES string of the molecule is O=C(c1cccc(CNc2n[nH]c3c(F)c(F)ccc23)c1)N1CCN(C(=O)c2ccc(Cl)cc2Cl)CC1. The molecular weight excluding hydrogens is 523 g/mol. The van der Waals surface area contributed by atoms with Crippen LogP contribution in [-0.2, 0) is 6.54 Å². The Morgan fingerprint density at radius 1 is 0.946 bits per heavy atom. The highest BCUT2D eigenvalue weighted by atomic mass is 35.5. The smallest absolute Gasteiger partial charge is 0.255 e. The van der Waals surface area contributed by atoms with Crippen LogP contribution in [0.25, 0.3) is 10.9 Å². The molecule has 3 aromatic carbocycles. The lowest BCUT2D eigenvalue weighted by Gasteiger charge is -2.35. The standard InChI is InChI=1S/C26H21Cl2F2N5O2/c27-17-4-5-18(20(28)13-17)26(37)35-10-8-34(9-11-35)25(36)16-3-1-2-15(12-16)14-31-24-19-6-7-21(29)22(30)23(19)32-33-24/h1-7,12-13H,8-11,14H2,(H2,31,32,33). The summed E-state index contributed by atoms with van der Waals surface area (Å²) in [5.41, 5.74) is 1.70. The quantitative estimate of drug-likeness (QED) is 0.355. The van der Waals surface area contributed by atoms with E-state index in [4.69, 9.17) is 23.2 Å². The first-order chi connectivity index (χ1) is 17.8. The van der Waals surface area contributed by atoms with Gasteiger partial charge >= 0.3 is 0 Å². The van der Waals surface area contributed by atoms with Crippen molar-refractivity contribution in [2.45, 2.75) is 6.54 Å². The molecule has 0 unspecified atom stereocenters. The third-order valence-corrected chi connectivity index (χ3v) is 6.83. The summed E-state index contributed by atoms with van der Waals surface area (Å²) in [6, 6.07) is 14.4. The second kappa shape index (κ2) is 10.4. The maximum atomic E-state index is 13.9. The molecule has 1 fully saturated rings. The fraction of sp³-hybridized carbons (Fsp3) is 0.192. The van der Waals surface area contributed by atoms with E-state index in [1.165, 1.54) is 12.1 Å². The molecule has 0 saturated carbocycles. The van der Waals surface area contributed by atoms with Crippen molar-refractivity contribution >= 4 is 51.7 Å². The van der Waals surface area contributed by atoms with Gasteiger partial charge in [0, 0.05) is 48.7 Å². The van der Waals surface area contributed by atoms with Crippen molar-refractivity contribution in [1.82, 2.24) is 20.0 Å². The van der Waals surface area contributed by atoms with Crippen LogP contribution in [0, 0.1) is 11.6 Å². The van der Waals surface area contributed by atoms with Crippen LogP contribution in [0.3, 0.4) is 0 Å². The summed E-state index contributed by atoms with van der Waals surface area (Å²) < 4.78 is 27.4. The van der Waals surface area contributed by atoms with Gasteiger partial charge in [-0.1, -0.05) is 35.3 Å². The van der Waals surface area contributed by atoms with E-state index in [9.17, 15) is 18.4 Å². The van der Waals surface area contributed by atoms with Crippen LogP contribution in [0.5, 0.6) is 0 Å². The van der Waals surface area contributed by atoms with Gasteiger partial charge < -0.3 is 15.1 Å². The van der Waals surface area contributed by atoms with E-state index in [-0.39, 0.29) is 17.3 Å². The molecular formula is C26H21Cl2F2N5O2. The first kappa shape index (κ1) is 25.0. The first-order valence-electron chi connectivity index (χ1n) is 11.5. The van der Waals surface area contributed by atoms with E-state index in [0.29, 0.717) is 65.1 Å². The molecule has 2 heterocycles. The highest BCUT2D eigenvalue weighted by Crippen LogP contribution is 2.25. The summed E-state index contributed by atoms with van der Waals surface area (Å²) in [6.07, 6.45) is 0. The maximum Gasteiger partial charge on any atom is 0.255 e. The van der Waals surface area contributed by atoms with E-state index < -0.39 is 11.6 Å². The van der Waals surface area contributed by atoms with E-state index in [1.54, 1.807) is 40.1 Å². The molecule has 190 valence electrons. The number of halogens is 4. The van der Waals surface area contributed by atoms with Gasteiger partial charge in [-0.25, -0.2) is 8.78 Å². The average molecular weight is 544 g/mol. The molecule has 0 spiro atoms. The fourth-order valence-electron chi connectivity index (χ4n) is 4.29. The number of H-pyrrole nitrogens is 1. The second-order valence-corrected chi connectivity index (χ2v) is 9.46. The van der Waals surface area contributed by atoms with Crippen LogP contribution < -0.4 is 5.32 Å². The van der Waals surface area contributed by atoms with Crippen LogP contribution >= 0.6 is 23.2 Å². The van der Waals surface area contributed by atoms with Crippen LogP contribution in [0.2, 0.25) is 10.0 Å². The van der Waals surface area contributed by atoms with Gasteiger partial charge in [-0.05, 0) is 48.0 Å². The van der Waals surface area contributed by atoms with Crippen molar-refractivity contribution in [1.29, 1.82) is 0 Å². The molecule has 5 rings (SSSR count). The Hall–Kier alpha value is -3.69. The number of aromatic amines is 1. The van der Waals surface area contributed by atoms with Crippen molar-refractivity contribution in [3.05, 3.63) is 93.0 Å². The number of anilines is 1. The van der Waals surface area contributed by atoms with E-state index >= 15 is 0 Å². The van der Waals surface area contributed by atoms with E-state index in [2.05, 4.69) is 15.5 Å². The van der Waals surface area contributed by atoms with Gasteiger partial charge in [0.05, 0.1) is 10.6 Å². The summed E-state index contributed by atoms with van der Waals surface area (Å²) in [7, 11) is 0. The molecule has 0 bridgehead atoms. The van der Waals surface area contributed by atoms with Gasteiger partial charge in [0.1, 0.15) is 5.52 Å². The lowest BCUT2D eigenvalue weighted by Crippen LogP contribution is -2.50. The number of carbonyl (C=O) groups is 2. The number of fused-ring (bicyclic) bond motifs is 1. The lowest BCUT2D eigenvalue weighted by molar-refractivity contribution is 0.0535. The molecule has 0 aliphatic carbocycles. The van der Waals surface area contributed by atoms with Crippen molar-refractivity contribution in [3.63, 3.8) is 0 Å². The van der Waals surface area contributed by atoms with Gasteiger partial charge in [-0.15, -0.1) is 0 Å². The maximum absolute atomic E-state index is 13.9. The lowest BCUT2D eigenvalue weighted by atomic mass is 10.1. The molecule has 37 heavy (non-hydrogen) atoms. The molecule has 2 amide bonds. The number of hydrogen-bond donors (Lipinski definition) is 2. The first-order valence-corrected chi connectivity index (χ1v) is 12.3. The Bertz CT molecular complexity index is 1500. The summed E-state index contributed by atoms with van der Waals surface area (Å²) in [5, 5.41) is 10.8. The minimum atomic E-state index is -0.983. The van der Waals surface area contributed by atoms with Gasteiger partial charge in [-0.2, -0.15) is 5.10 Å². The molecule has 1 aromatic heterocycles. The number of piperazine rings is 1. The predicted octanol–water partition coefficient (Wildman–Crippen LogP) is 5.36. The predicted molar refractivity (Wildman–Crippen MR) is 138 cm³/mol. The van der Waals surface area contributed by atoms with E-state index in [0.717, 1.165) is 11.6 Å². The summed E-state index contributed by atoms with van der Waals surface area (Å²) in [6.45, 7) is 1.87. The molecule has 11 heteroatoms. The Labute approximate surface area is 221 Å². The minimum Gasteiger partial charge on any atom is -0.364 e. The highest BCUT2D eigenvalue weighted by molar-refractivity contribution is 6.36. The van der Waals surface area contributed by atoms with Gasteiger partial charge in [0.25, 0.3) is 11.8 Å². The highest BCUT2D eigenvalue weighted by Gasteiger charge is 2.26. The number of carbonyl (C=O) groups excluding carboxylic acids is 2. The third kappa shape index (κ3) is 5.10. The molecule has 1 saturated heterocycles. The van der Waals surface area contributed by atoms with Crippen molar-refractivity contribution in [2.75, 3.05) is 31.5 Å². The van der Waals surface area contributed by atoms with Crippen molar-refractivity contribution in [2.24, 2.45) is 0 Å². The molecule has 4 aromatic rings. The molecule has 0 radical (unpaired) electrons. The topological polar surface area (TPSA) is 81.3 Å². The number of nitrogens with one attached hydrogen (secondary N) is 2. The third-order valence-electron chi connectivity index (χ3n) is 6.28. The number of hydrogen-bond acceptors (Lipinski definition) is 4. The molecule has 0 atom stereocenters. The Balaban J connectivity index is 1.21. The molecule has 1 aliphatic heterocycles. The number of rotatable bonds is 5. The van der Waals surface area contributed by atoms with Crippen molar-refractivity contribution in [3.8, 4) is 0 Å². The monoisotopic (exact) mass is 543 g/mol. The van der Waals surface area contributed by atoms with E-state index in [1.807, 2.05) is 6.07 Å². The Kier molecular flexibility index (Phi) is 6.99. The zero-order chi connectivity index (χ0) is 26.1. The summed E-state index contributed by atoms with van der Waals surface area (Å²) >= 11 is 12.1. The van der Waals surface area contributed by atoms with Crippen LogP contribution in [0.1, 0.15) is 26.3 Å².